The maximum Gasteiger partial charge on any atom is 0.221 e. The Labute approximate surface area is 119 Å². The molecule has 1 aromatic heterocycles. The minimum Gasteiger partial charge on any atom is -0.493 e. The lowest BCUT2D eigenvalue weighted by molar-refractivity contribution is 0.363. The summed E-state index contributed by atoms with van der Waals surface area (Å²) in [6.45, 7) is 4.54. The topological polar surface area (TPSA) is 62.3 Å². The standard InChI is InChI=1S/C15H21N3O2/c1-10-5-6-13(14(9-10)19-4)20-15-12(7-8-16)11(2)17-18(15)3/h5-6,9H,7-8,16H2,1-4H3. The van der Waals surface area contributed by atoms with E-state index in [1.54, 1.807) is 11.8 Å². The predicted molar refractivity (Wildman–Crippen MR) is 78.5 cm³/mol. The second kappa shape index (κ2) is 5.96. The van der Waals surface area contributed by atoms with Crippen molar-refractivity contribution in [3.63, 3.8) is 0 Å². The molecular formula is C15H21N3O2. The molecule has 0 fully saturated rings. The molecule has 2 rings (SSSR count). The summed E-state index contributed by atoms with van der Waals surface area (Å²) in [5.41, 5.74) is 8.77. The van der Waals surface area contributed by atoms with E-state index in [2.05, 4.69) is 5.10 Å². The van der Waals surface area contributed by atoms with Crippen LogP contribution in [0.5, 0.6) is 17.4 Å². The summed E-state index contributed by atoms with van der Waals surface area (Å²) in [6.07, 6.45) is 0.739. The van der Waals surface area contributed by atoms with Gasteiger partial charge in [-0.05, 0) is 44.5 Å². The highest BCUT2D eigenvalue weighted by atomic mass is 16.5. The third kappa shape index (κ3) is 2.77. The summed E-state index contributed by atoms with van der Waals surface area (Å²) in [7, 11) is 3.50. The quantitative estimate of drug-likeness (QED) is 0.909. The number of benzene rings is 1. The van der Waals surface area contributed by atoms with Gasteiger partial charge in [0.2, 0.25) is 5.88 Å². The van der Waals surface area contributed by atoms with Crippen molar-refractivity contribution < 1.29 is 9.47 Å². The molecule has 0 aliphatic rings. The first-order valence-corrected chi connectivity index (χ1v) is 6.61. The maximum atomic E-state index is 6.01. The molecule has 0 radical (unpaired) electrons. The molecule has 0 atom stereocenters. The summed E-state index contributed by atoms with van der Waals surface area (Å²) in [6, 6.07) is 5.84. The highest BCUT2D eigenvalue weighted by Gasteiger charge is 2.16. The Morgan fingerprint density at radius 1 is 1.25 bits per heavy atom. The predicted octanol–water partition coefficient (Wildman–Crippen LogP) is 2.34. The van der Waals surface area contributed by atoms with E-state index in [4.69, 9.17) is 15.2 Å². The van der Waals surface area contributed by atoms with Crippen LogP contribution in [-0.2, 0) is 13.5 Å². The van der Waals surface area contributed by atoms with Gasteiger partial charge in [-0.25, -0.2) is 4.68 Å². The third-order valence-corrected chi connectivity index (χ3v) is 3.21. The number of hydrogen-bond acceptors (Lipinski definition) is 4. The molecule has 1 heterocycles. The molecule has 1 aromatic carbocycles. The van der Waals surface area contributed by atoms with Gasteiger partial charge in [-0.2, -0.15) is 5.10 Å². The van der Waals surface area contributed by atoms with E-state index in [0.717, 1.165) is 29.1 Å². The lowest BCUT2D eigenvalue weighted by Crippen LogP contribution is -2.05. The number of ether oxygens (including phenoxy) is 2. The van der Waals surface area contributed by atoms with Crippen molar-refractivity contribution in [2.24, 2.45) is 12.8 Å². The van der Waals surface area contributed by atoms with Crippen LogP contribution in [-0.4, -0.2) is 23.4 Å². The molecule has 0 spiro atoms. The van der Waals surface area contributed by atoms with Gasteiger partial charge in [-0.15, -0.1) is 0 Å². The van der Waals surface area contributed by atoms with Crippen molar-refractivity contribution in [1.82, 2.24) is 9.78 Å². The summed E-state index contributed by atoms with van der Waals surface area (Å²) < 4.78 is 13.1. The minimum absolute atomic E-state index is 0.563. The van der Waals surface area contributed by atoms with Gasteiger partial charge in [-0.1, -0.05) is 6.07 Å². The zero-order valence-electron chi connectivity index (χ0n) is 12.4. The first kappa shape index (κ1) is 14.4. The van der Waals surface area contributed by atoms with Crippen molar-refractivity contribution in [2.45, 2.75) is 20.3 Å². The molecular weight excluding hydrogens is 254 g/mol. The van der Waals surface area contributed by atoms with Crippen LogP contribution in [0.25, 0.3) is 0 Å². The van der Waals surface area contributed by atoms with E-state index in [-0.39, 0.29) is 0 Å². The van der Waals surface area contributed by atoms with Gasteiger partial charge in [0.05, 0.1) is 12.8 Å². The number of hydrogen-bond donors (Lipinski definition) is 1. The molecule has 0 aliphatic carbocycles. The summed E-state index contributed by atoms with van der Waals surface area (Å²) in [5, 5.41) is 4.39. The van der Waals surface area contributed by atoms with Crippen molar-refractivity contribution in [2.75, 3.05) is 13.7 Å². The molecule has 20 heavy (non-hydrogen) atoms. The number of methoxy groups -OCH3 is 1. The summed E-state index contributed by atoms with van der Waals surface area (Å²) in [4.78, 5) is 0. The zero-order valence-corrected chi connectivity index (χ0v) is 12.4. The fourth-order valence-corrected chi connectivity index (χ4v) is 2.20. The highest BCUT2D eigenvalue weighted by molar-refractivity contribution is 5.46. The number of nitrogens with zero attached hydrogens (tertiary/aromatic N) is 2. The normalized spacial score (nSPS) is 10.7. The Balaban J connectivity index is 2.39. The molecule has 0 saturated heterocycles. The average molecular weight is 275 g/mol. The van der Waals surface area contributed by atoms with Gasteiger partial charge >= 0.3 is 0 Å². The van der Waals surface area contributed by atoms with Crippen LogP contribution in [0.1, 0.15) is 16.8 Å². The number of nitrogens with two attached hydrogens (primary N) is 1. The van der Waals surface area contributed by atoms with E-state index in [1.165, 1.54) is 0 Å². The van der Waals surface area contributed by atoms with Gasteiger partial charge in [0.15, 0.2) is 11.5 Å². The van der Waals surface area contributed by atoms with Crippen LogP contribution in [0.15, 0.2) is 18.2 Å². The fourth-order valence-electron chi connectivity index (χ4n) is 2.20. The van der Waals surface area contributed by atoms with Crippen LogP contribution < -0.4 is 15.2 Å². The lowest BCUT2D eigenvalue weighted by atomic mass is 10.2. The number of aromatic nitrogens is 2. The van der Waals surface area contributed by atoms with E-state index >= 15 is 0 Å². The van der Waals surface area contributed by atoms with Gasteiger partial charge in [0.25, 0.3) is 0 Å². The van der Waals surface area contributed by atoms with Gasteiger partial charge in [0.1, 0.15) is 0 Å². The SMILES string of the molecule is COc1cc(C)ccc1Oc1c(CCN)c(C)nn1C. The van der Waals surface area contributed by atoms with Crippen molar-refractivity contribution >= 4 is 0 Å². The van der Waals surface area contributed by atoms with Crippen molar-refractivity contribution in [1.29, 1.82) is 0 Å². The Morgan fingerprint density at radius 3 is 2.65 bits per heavy atom. The first-order valence-electron chi connectivity index (χ1n) is 6.61. The average Bonchev–Trinajstić information content (AvgIpc) is 2.68. The number of aryl methyl sites for hydroxylation is 3. The van der Waals surface area contributed by atoms with Crippen LogP contribution in [0.2, 0.25) is 0 Å². The second-order valence-corrected chi connectivity index (χ2v) is 4.79. The molecule has 2 aromatic rings. The molecule has 0 amide bonds. The van der Waals surface area contributed by atoms with Gasteiger partial charge in [0, 0.05) is 12.6 Å². The van der Waals surface area contributed by atoms with E-state index in [1.807, 2.05) is 39.1 Å². The largest absolute Gasteiger partial charge is 0.493 e. The van der Waals surface area contributed by atoms with Gasteiger partial charge in [-0.3, -0.25) is 0 Å². The Morgan fingerprint density at radius 2 is 2.00 bits per heavy atom. The third-order valence-electron chi connectivity index (χ3n) is 3.21. The van der Waals surface area contributed by atoms with E-state index in [0.29, 0.717) is 18.0 Å². The molecule has 2 N–H and O–H groups in total. The summed E-state index contributed by atoms with van der Waals surface area (Å²) >= 11 is 0. The monoisotopic (exact) mass is 275 g/mol. The molecule has 108 valence electrons. The van der Waals surface area contributed by atoms with Crippen LogP contribution in [0.3, 0.4) is 0 Å². The maximum absolute atomic E-state index is 6.01. The molecule has 5 nitrogen and oxygen atoms in total. The smallest absolute Gasteiger partial charge is 0.221 e. The Hall–Kier alpha value is -2.01. The van der Waals surface area contributed by atoms with Crippen molar-refractivity contribution in [3.8, 4) is 17.4 Å². The molecule has 5 heteroatoms. The highest BCUT2D eigenvalue weighted by Crippen LogP contribution is 2.34. The Kier molecular flexibility index (Phi) is 4.29. The molecule has 0 unspecified atom stereocenters. The molecule has 0 saturated carbocycles. The fraction of sp³-hybridized carbons (Fsp3) is 0.400. The van der Waals surface area contributed by atoms with Crippen LogP contribution in [0, 0.1) is 13.8 Å². The molecule has 0 aliphatic heterocycles. The Bertz CT molecular complexity index is 605. The zero-order chi connectivity index (χ0) is 14.7. The van der Waals surface area contributed by atoms with Crippen LogP contribution in [0.4, 0.5) is 0 Å². The van der Waals surface area contributed by atoms with E-state index < -0.39 is 0 Å². The van der Waals surface area contributed by atoms with Crippen LogP contribution >= 0.6 is 0 Å². The molecule has 0 bridgehead atoms. The second-order valence-electron chi connectivity index (χ2n) is 4.79. The lowest BCUT2D eigenvalue weighted by Gasteiger charge is -2.12. The summed E-state index contributed by atoms with van der Waals surface area (Å²) in [5.74, 6) is 2.11. The minimum atomic E-state index is 0.563. The first-order chi connectivity index (χ1) is 9.56. The van der Waals surface area contributed by atoms with E-state index in [9.17, 15) is 0 Å². The van der Waals surface area contributed by atoms with Crippen molar-refractivity contribution in [3.05, 3.63) is 35.0 Å². The number of rotatable bonds is 5. The van der Waals surface area contributed by atoms with Gasteiger partial charge < -0.3 is 15.2 Å².